The Bertz CT molecular complexity index is 3780. The average molecular weight is 1280 g/mol. The molecule has 4 aromatic carbocycles. The second-order valence-electron chi connectivity index (χ2n) is 26.7. The van der Waals surface area contributed by atoms with Crippen molar-refractivity contribution in [3.05, 3.63) is 191 Å². The van der Waals surface area contributed by atoms with E-state index in [0.717, 1.165) is 154 Å². The summed E-state index contributed by atoms with van der Waals surface area (Å²) in [6, 6.07) is 47.0. The van der Waals surface area contributed by atoms with E-state index in [9.17, 15) is 23.6 Å². The van der Waals surface area contributed by atoms with Crippen molar-refractivity contribution in [3.8, 4) is 23.0 Å². The number of benzene rings is 4. The fourth-order valence-electron chi connectivity index (χ4n) is 14.7. The number of nitrogens with zero attached hydrogens (tertiary/aromatic N) is 12. The van der Waals surface area contributed by atoms with Crippen LogP contribution < -0.4 is 18.9 Å². The van der Waals surface area contributed by atoms with Crippen LogP contribution in [0.3, 0.4) is 0 Å². The third-order valence-corrected chi connectivity index (χ3v) is 20.1. The highest BCUT2D eigenvalue weighted by molar-refractivity contribution is 5.95. The standard InChI is InChI=1S/C19H22FN3O2.C18H19N3O2.2C18H21N3O2/c20-16-8-4-5-9-17(16)22-10-11-23-18(19(22)24)12-14(21-23)13-25-15-6-2-1-3-7-15;22-18-16-10-14(11-23-15-4-2-1-3-5-15)19-21(16)7-6-20(18)17-12-8-13(17)9-12;2*1-13-9-15(10-13)20-7-8-21-17(18(20)22)11-14(19-21)12-23-16-5-3-2-4-6-16/h1-3,6-7,12,16-17H,4-5,8-11,13H2;1-5,10,12-13,17H,6-9,11H2;2*2-6,11,13,15H,7-10,12H2,1H3/t16-,17?;;;/m1.../s1. The van der Waals surface area contributed by atoms with Gasteiger partial charge in [0.25, 0.3) is 23.6 Å². The number of carbonyl (C=O) groups excluding carboxylic acids is 4. The molecule has 6 aliphatic carbocycles. The van der Waals surface area contributed by atoms with E-state index < -0.39 is 6.17 Å². The summed E-state index contributed by atoms with van der Waals surface area (Å²) in [4.78, 5) is 58.7. The molecule has 4 aromatic heterocycles. The van der Waals surface area contributed by atoms with E-state index in [2.05, 4.69) is 39.1 Å². The Kier molecular flexibility index (Phi) is 18.4. The van der Waals surface area contributed by atoms with Crippen molar-refractivity contribution in [2.45, 2.75) is 161 Å². The Morgan fingerprint density at radius 1 is 0.383 bits per heavy atom. The van der Waals surface area contributed by atoms with Gasteiger partial charge < -0.3 is 38.5 Å². The zero-order valence-corrected chi connectivity index (χ0v) is 53.6. The maximum absolute atomic E-state index is 14.3. The molecule has 490 valence electrons. The molecule has 4 amide bonds. The molecule has 21 heteroatoms. The maximum Gasteiger partial charge on any atom is 0.272 e. The van der Waals surface area contributed by atoms with Crippen LogP contribution in [0.25, 0.3) is 0 Å². The fraction of sp³-hybridized carbons (Fsp3) is 0.452. The van der Waals surface area contributed by atoms with Gasteiger partial charge in [-0.1, -0.05) is 99.5 Å². The molecule has 8 heterocycles. The van der Waals surface area contributed by atoms with Crippen LogP contribution in [-0.4, -0.2) is 139 Å². The largest absolute Gasteiger partial charge is 0.487 e. The SMILES string of the molecule is CC1CC(N2CCn3nc(COc4ccccc4)cc3C2=O)C1.CC1CC(N2CCn3nc(COc4ccccc4)cc3C2=O)C1.O=C1c2cc(COc3ccccc3)nn2CCN1C1C2CC1C2.O=C1c2cc(COc3ccccc3)nn2CCN1C1CCCC[C@H]1F. The molecule has 0 spiro atoms. The van der Waals surface area contributed by atoms with Crippen LogP contribution in [0.15, 0.2) is 146 Å². The van der Waals surface area contributed by atoms with E-state index in [4.69, 9.17) is 18.9 Å². The van der Waals surface area contributed by atoms with Crippen LogP contribution in [0.2, 0.25) is 0 Å². The van der Waals surface area contributed by atoms with Crippen molar-refractivity contribution in [1.29, 1.82) is 0 Å². The number of alkyl halides is 1. The van der Waals surface area contributed by atoms with Crippen molar-refractivity contribution >= 4 is 23.6 Å². The van der Waals surface area contributed by atoms with Gasteiger partial charge in [-0.15, -0.1) is 0 Å². The lowest BCUT2D eigenvalue weighted by atomic mass is 9.51. The maximum atomic E-state index is 14.3. The number of hydrogen-bond acceptors (Lipinski definition) is 12. The van der Waals surface area contributed by atoms with Gasteiger partial charge >= 0.3 is 0 Å². The van der Waals surface area contributed by atoms with Crippen molar-refractivity contribution in [3.63, 3.8) is 0 Å². The van der Waals surface area contributed by atoms with Gasteiger partial charge in [-0.3, -0.25) is 37.9 Å². The van der Waals surface area contributed by atoms with Crippen LogP contribution in [0.4, 0.5) is 4.39 Å². The van der Waals surface area contributed by atoms with Gasteiger partial charge in [-0.2, -0.15) is 20.4 Å². The highest BCUT2D eigenvalue weighted by atomic mass is 19.1. The number of halogens is 1. The summed E-state index contributed by atoms with van der Waals surface area (Å²) >= 11 is 0. The monoisotopic (exact) mass is 1270 g/mol. The Morgan fingerprint density at radius 3 is 0.989 bits per heavy atom. The minimum atomic E-state index is -0.909. The highest BCUT2D eigenvalue weighted by Crippen LogP contribution is 2.56. The Labute approximate surface area is 547 Å². The Balaban J connectivity index is 0.000000108. The molecule has 8 aromatic rings. The first-order valence-electron chi connectivity index (χ1n) is 33.8. The van der Waals surface area contributed by atoms with Gasteiger partial charge in [0.05, 0.1) is 32.2 Å². The highest BCUT2D eigenvalue weighted by Gasteiger charge is 2.57. The van der Waals surface area contributed by atoms with Crippen LogP contribution >= 0.6 is 0 Å². The Hall–Kier alpha value is -9.27. The van der Waals surface area contributed by atoms with Gasteiger partial charge in [0.2, 0.25) is 0 Å². The first kappa shape index (κ1) is 62.2. The number of para-hydroxylation sites is 4. The van der Waals surface area contributed by atoms with Gasteiger partial charge in [0, 0.05) is 44.3 Å². The smallest absolute Gasteiger partial charge is 0.272 e. The van der Waals surface area contributed by atoms with Crippen molar-refractivity contribution < 1.29 is 42.5 Å². The number of hydrogen-bond donors (Lipinski definition) is 0. The molecule has 18 rings (SSSR count). The quantitative estimate of drug-likeness (QED) is 0.0891. The number of amides is 4. The molecule has 6 fully saturated rings. The lowest BCUT2D eigenvalue weighted by Crippen LogP contribution is -2.66. The van der Waals surface area contributed by atoms with E-state index >= 15 is 0 Å². The predicted octanol–water partition coefficient (Wildman–Crippen LogP) is 11.0. The van der Waals surface area contributed by atoms with Crippen LogP contribution in [0, 0.1) is 23.7 Å². The number of fused-ring (bicyclic) bond motifs is 4. The summed E-state index contributed by atoms with van der Waals surface area (Å²) in [6.45, 7) is 11.8. The molecule has 2 atom stereocenters. The third-order valence-electron chi connectivity index (χ3n) is 20.1. The Morgan fingerprint density at radius 2 is 0.681 bits per heavy atom. The first-order chi connectivity index (χ1) is 45.9. The molecular formula is C73H83FN12O8. The van der Waals surface area contributed by atoms with Gasteiger partial charge in [0.1, 0.15) is 101 Å². The molecule has 94 heavy (non-hydrogen) atoms. The van der Waals surface area contributed by atoms with Crippen molar-refractivity contribution in [2.75, 3.05) is 26.2 Å². The number of carbonyl (C=O) groups is 4. The van der Waals surface area contributed by atoms with Crippen LogP contribution in [-0.2, 0) is 52.6 Å². The molecule has 0 saturated heterocycles. The topological polar surface area (TPSA) is 189 Å². The zero-order chi connectivity index (χ0) is 64.2. The van der Waals surface area contributed by atoms with Crippen molar-refractivity contribution in [1.82, 2.24) is 58.7 Å². The summed E-state index contributed by atoms with van der Waals surface area (Å²) in [5.41, 5.74) is 5.80. The van der Waals surface area contributed by atoms with Crippen LogP contribution in [0.5, 0.6) is 23.0 Å². The minimum absolute atomic E-state index is 0.112. The molecule has 10 aliphatic rings. The van der Waals surface area contributed by atoms with E-state index in [0.29, 0.717) is 86.8 Å². The predicted molar refractivity (Wildman–Crippen MR) is 348 cm³/mol. The summed E-state index contributed by atoms with van der Waals surface area (Å²) in [5.74, 6) is 6.50. The summed E-state index contributed by atoms with van der Waals surface area (Å²) < 4.78 is 44.4. The second kappa shape index (κ2) is 27.7. The molecular weight excluding hydrogens is 1190 g/mol. The second-order valence-corrected chi connectivity index (χ2v) is 26.7. The van der Waals surface area contributed by atoms with E-state index in [1.165, 1.54) is 12.8 Å². The average Bonchev–Trinajstić information content (AvgIpc) is 0.762. The van der Waals surface area contributed by atoms with E-state index in [1.807, 2.05) is 163 Å². The molecule has 4 aliphatic heterocycles. The minimum Gasteiger partial charge on any atom is -0.487 e. The molecule has 20 nitrogen and oxygen atoms in total. The molecule has 1 unspecified atom stereocenters. The summed E-state index contributed by atoms with van der Waals surface area (Å²) in [6.07, 6.45) is 9.47. The fourth-order valence-corrected chi connectivity index (χ4v) is 14.7. The molecule has 2 bridgehead atoms. The lowest BCUT2D eigenvalue weighted by Gasteiger charge is -2.62. The first-order valence-corrected chi connectivity index (χ1v) is 33.8. The number of aromatic nitrogens is 8. The number of rotatable bonds is 16. The molecule has 0 radical (unpaired) electrons. The van der Waals surface area contributed by atoms with Crippen LogP contribution in [0.1, 0.15) is 143 Å². The van der Waals surface area contributed by atoms with Gasteiger partial charge in [0.15, 0.2) is 0 Å². The normalized spacial score (nSPS) is 24.5. The zero-order valence-electron chi connectivity index (χ0n) is 53.6. The van der Waals surface area contributed by atoms with Crippen molar-refractivity contribution in [2.24, 2.45) is 23.7 Å². The lowest BCUT2D eigenvalue weighted by molar-refractivity contribution is -0.102. The van der Waals surface area contributed by atoms with Gasteiger partial charge in [-0.05, 0) is 148 Å². The summed E-state index contributed by atoms with van der Waals surface area (Å²) in [5, 5.41) is 18.0. The van der Waals surface area contributed by atoms with E-state index in [1.54, 1.807) is 15.6 Å². The molecule has 0 N–H and O–H groups in total. The van der Waals surface area contributed by atoms with E-state index in [-0.39, 0.29) is 29.7 Å². The summed E-state index contributed by atoms with van der Waals surface area (Å²) in [7, 11) is 0. The molecule has 6 saturated carbocycles. The van der Waals surface area contributed by atoms with Gasteiger partial charge in [-0.25, -0.2) is 4.39 Å². The number of ether oxygens (including phenoxy) is 4. The third kappa shape index (κ3) is 13.6.